The highest BCUT2D eigenvalue weighted by Gasteiger charge is 2.61. The number of benzene rings is 1. The van der Waals surface area contributed by atoms with Crippen LogP contribution in [0.1, 0.15) is 64.9 Å². The zero-order chi connectivity index (χ0) is 37.5. The number of rotatable bonds is 11. The number of aromatic nitrogens is 2. The lowest BCUT2D eigenvalue weighted by molar-refractivity contribution is -0.146. The summed E-state index contributed by atoms with van der Waals surface area (Å²) in [6.45, 7) is 11.1. The number of hydrogen-bond acceptors (Lipinski definition) is 10. The highest BCUT2D eigenvalue weighted by atomic mass is 32.1. The maximum absolute atomic E-state index is 14.6. The molecule has 14 nitrogen and oxygen atoms in total. The molecule has 0 spiro atoms. The number of urea groups is 1. The summed E-state index contributed by atoms with van der Waals surface area (Å²) in [7, 11) is 1.58. The Kier molecular flexibility index (Phi) is 10.1. The molecule has 3 aliphatic rings. The van der Waals surface area contributed by atoms with Crippen LogP contribution in [0.25, 0.3) is 22.3 Å². The van der Waals surface area contributed by atoms with Crippen LogP contribution >= 0.6 is 11.3 Å². The third kappa shape index (κ3) is 7.23. The molecule has 0 radical (unpaired) electrons. The van der Waals surface area contributed by atoms with Crippen LogP contribution in [0.15, 0.2) is 36.2 Å². The number of hydrogen-bond donors (Lipinski definition) is 5. The number of nitrogens with two attached hydrogens (primary N) is 1. The van der Waals surface area contributed by atoms with E-state index < -0.39 is 58.9 Å². The smallest absolute Gasteiger partial charge is 0.330 e. The predicted octanol–water partition coefficient (Wildman–Crippen LogP) is 4.41. The average molecular weight is 734 g/mol. The van der Waals surface area contributed by atoms with Crippen molar-refractivity contribution in [3.05, 3.63) is 41.8 Å². The standard InChI is InChI=1S/C37H47N7O7S/c1-7-20-16-37(20,33(47)48)43-31(45)26-14-22(17-44(26)32(46)30(36(3,4)5)42-35(49)39-21-10-8-9-11-21)51-28-15-24(25-18-52-34(38)41-25)40-29-19(2)27(50-6)13-12-23(28)29/h7,12-13,15,18,20-22,26,30H,1,8-11,14,16-17H2,2-6H3,(H2,38,41)(H,43,45)(H,47,48)(H2,39,42,49)/t20-,22-,26+,30-,37-/m1/s1. The first-order valence-electron chi connectivity index (χ1n) is 17.6. The number of aryl methyl sites for hydroxylation is 1. The number of pyridine rings is 1. The van der Waals surface area contributed by atoms with Crippen molar-refractivity contribution in [2.45, 2.75) is 96.0 Å². The molecular weight excluding hydrogens is 687 g/mol. The monoisotopic (exact) mass is 733 g/mol. The van der Waals surface area contributed by atoms with Gasteiger partial charge in [-0.25, -0.2) is 19.6 Å². The van der Waals surface area contributed by atoms with E-state index in [0.717, 1.165) is 31.2 Å². The van der Waals surface area contributed by atoms with E-state index in [1.807, 2.05) is 39.8 Å². The molecule has 0 bridgehead atoms. The number of carbonyl (C=O) groups is 4. The minimum absolute atomic E-state index is 0.00167. The van der Waals surface area contributed by atoms with Crippen LogP contribution in [0.2, 0.25) is 0 Å². The molecule has 3 fully saturated rings. The van der Waals surface area contributed by atoms with Crippen molar-refractivity contribution in [2.24, 2.45) is 11.3 Å². The molecule has 1 aliphatic heterocycles. The number of likely N-dealkylation sites (tertiary alicyclic amines) is 1. The largest absolute Gasteiger partial charge is 0.496 e. The lowest BCUT2D eigenvalue weighted by Crippen LogP contribution is -2.60. The maximum Gasteiger partial charge on any atom is 0.330 e. The van der Waals surface area contributed by atoms with Gasteiger partial charge in [-0.2, -0.15) is 0 Å². The van der Waals surface area contributed by atoms with Crippen molar-refractivity contribution in [1.29, 1.82) is 0 Å². The van der Waals surface area contributed by atoms with E-state index in [-0.39, 0.29) is 25.4 Å². The number of methoxy groups -OCH3 is 1. The van der Waals surface area contributed by atoms with Crippen LogP contribution in [0.3, 0.4) is 0 Å². The van der Waals surface area contributed by atoms with Crippen molar-refractivity contribution < 1.29 is 33.8 Å². The molecule has 2 aliphatic carbocycles. The zero-order valence-electron chi connectivity index (χ0n) is 30.2. The Morgan fingerprint density at radius 3 is 2.48 bits per heavy atom. The second-order valence-corrected chi connectivity index (χ2v) is 15.9. The van der Waals surface area contributed by atoms with Gasteiger partial charge in [0.1, 0.15) is 40.9 Å². The van der Waals surface area contributed by atoms with Gasteiger partial charge in [-0.3, -0.25) is 9.59 Å². The lowest BCUT2D eigenvalue weighted by Gasteiger charge is -2.35. The van der Waals surface area contributed by atoms with Crippen molar-refractivity contribution >= 4 is 51.2 Å². The second-order valence-electron chi connectivity index (χ2n) is 15.1. The molecule has 6 N–H and O–H groups in total. The number of nitrogen functional groups attached to an aromatic ring is 1. The molecule has 6 rings (SSSR count). The molecular formula is C37H47N7O7S. The molecule has 15 heteroatoms. The Morgan fingerprint density at radius 1 is 1.15 bits per heavy atom. The zero-order valence-corrected chi connectivity index (χ0v) is 31.0. The number of thiazole rings is 1. The average Bonchev–Trinajstić information content (AvgIpc) is 3.49. The van der Waals surface area contributed by atoms with E-state index >= 15 is 0 Å². The number of anilines is 1. The lowest BCUT2D eigenvalue weighted by atomic mass is 9.85. The van der Waals surface area contributed by atoms with E-state index in [9.17, 15) is 24.3 Å². The van der Waals surface area contributed by atoms with Crippen molar-refractivity contribution in [2.75, 3.05) is 19.4 Å². The molecule has 0 unspecified atom stereocenters. The first-order chi connectivity index (χ1) is 24.6. The first-order valence-corrected chi connectivity index (χ1v) is 18.4. The van der Waals surface area contributed by atoms with Crippen molar-refractivity contribution in [1.82, 2.24) is 30.8 Å². The fourth-order valence-electron chi connectivity index (χ4n) is 7.35. The molecule has 5 atom stereocenters. The van der Waals surface area contributed by atoms with E-state index in [1.54, 1.807) is 18.6 Å². The van der Waals surface area contributed by atoms with Gasteiger partial charge in [0.2, 0.25) is 11.8 Å². The molecule has 3 heterocycles. The van der Waals surface area contributed by atoms with Crippen molar-refractivity contribution in [3.8, 4) is 22.9 Å². The maximum atomic E-state index is 14.6. The van der Waals surface area contributed by atoms with Gasteiger partial charge in [-0.05, 0) is 43.7 Å². The summed E-state index contributed by atoms with van der Waals surface area (Å²) < 4.78 is 12.2. The predicted molar refractivity (Wildman–Crippen MR) is 197 cm³/mol. The summed E-state index contributed by atoms with van der Waals surface area (Å²) in [6, 6.07) is 2.91. The van der Waals surface area contributed by atoms with Gasteiger partial charge < -0.3 is 41.2 Å². The van der Waals surface area contributed by atoms with E-state index in [2.05, 4.69) is 27.5 Å². The van der Waals surface area contributed by atoms with Gasteiger partial charge in [-0.1, -0.05) is 39.7 Å². The first kappa shape index (κ1) is 36.9. The Balaban J connectivity index is 1.34. The Bertz CT molecular complexity index is 1900. The normalized spacial score (nSPS) is 23.6. The molecule has 52 heavy (non-hydrogen) atoms. The molecule has 4 amide bonds. The third-order valence-corrected chi connectivity index (χ3v) is 11.1. The Morgan fingerprint density at radius 2 is 1.88 bits per heavy atom. The second kappa shape index (κ2) is 14.2. The highest BCUT2D eigenvalue weighted by molar-refractivity contribution is 7.13. The minimum atomic E-state index is -1.50. The van der Waals surface area contributed by atoms with Crippen molar-refractivity contribution in [3.63, 3.8) is 0 Å². The minimum Gasteiger partial charge on any atom is -0.496 e. The number of ether oxygens (including phenoxy) is 2. The Labute approximate surface area is 306 Å². The van der Waals surface area contributed by atoms with E-state index in [1.165, 1.54) is 22.3 Å². The molecule has 2 saturated carbocycles. The fraction of sp³-hybridized carbons (Fsp3) is 0.514. The number of carbonyl (C=O) groups excluding carboxylic acids is 3. The molecule has 278 valence electrons. The van der Waals surface area contributed by atoms with Gasteiger partial charge in [0.05, 0.1) is 24.9 Å². The number of nitrogens with one attached hydrogen (secondary N) is 3. The number of carboxylic acids is 1. The summed E-state index contributed by atoms with van der Waals surface area (Å²) in [4.78, 5) is 64.8. The number of amides is 4. The van der Waals surface area contributed by atoms with Crippen LogP contribution < -0.4 is 31.2 Å². The quantitative estimate of drug-likeness (QED) is 0.176. The van der Waals surface area contributed by atoms with Gasteiger partial charge in [0, 0.05) is 40.8 Å². The van der Waals surface area contributed by atoms with E-state index in [4.69, 9.17) is 20.2 Å². The summed E-state index contributed by atoms with van der Waals surface area (Å²) in [6.07, 6.45) is 4.89. The molecule has 1 saturated heterocycles. The number of fused-ring (bicyclic) bond motifs is 1. The SMILES string of the molecule is C=C[C@@H]1C[C@]1(NC(=O)[C@@H]1C[C@@H](Oc2cc(-c3csc(N)n3)nc3c(C)c(OC)ccc23)CN1C(=O)[C@@H](NC(=O)NC1CCCC1)C(C)(C)C)C(=O)O. The van der Waals surface area contributed by atoms with Crippen LogP contribution in [0.5, 0.6) is 11.5 Å². The van der Waals surface area contributed by atoms with Crippen LogP contribution in [0, 0.1) is 18.3 Å². The number of carboxylic acid groups (broad SMARTS) is 1. The van der Waals surface area contributed by atoms with Crippen LogP contribution in [0.4, 0.5) is 9.93 Å². The molecule has 2 aromatic heterocycles. The third-order valence-electron chi connectivity index (χ3n) is 10.4. The van der Waals surface area contributed by atoms with Gasteiger partial charge in [0.15, 0.2) is 5.13 Å². The summed E-state index contributed by atoms with van der Waals surface area (Å²) in [5, 5.41) is 21.5. The van der Waals surface area contributed by atoms with E-state index in [0.29, 0.717) is 38.9 Å². The fourth-order valence-corrected chi connectivity index (χ4v) is 7.91. The molecule has 1 aromatic carbocycles. The number of nitrogens with zero attached hydrogens (tertiary/aromatic N) is 3. The van der Waals surface area contributed by atoms with Gasteiger partial charge >= 0.3 is 12.0 Å². The van der Waals surface area contributed by atoms with Gasteiger partial charge in [-0.15, -0.1) is 17.9 Å². The van der Waals surface area contributed by atoms with Crippen LogP contribution in [-0.4, -0.2) is 87.2 Å². The van der Waals surface area contributed by atoms with Crippen LogP contribution in [-0.2, 0) is 14.4 Å². The number of aliphatic carboxylic acids is 1. The topological polar surface area (TPSA) is 198 Å². The highest BCUT2D eigenvalue weighted by Crippen LogP contribution is 2.45. The summed E-state index contributed by atoms with van der Waals surface area (Å²) in [5.41, 5.74) is 6.20. The Hall–Kier alpha value is -4.92. The van der Waals surface area contributed by atoms with Gasteiger partial charge in [0.25, 0.3) is 0 Å². The summed E-state index contributed by atoms with van der Waals surface area (Å²) in [5.74, 6) is -1.62. The molecule has 3 aromatic rings. The summed E-state index contributed by atoms with van der Waals surface area (Å²) >= 11 is 1.28.